The number of nitrogens with one attached hydrogen (secondary N) is 1. The van der Waals surface area contributed by atoms with Crippen molar-refractivity contribution in [2.24, 2.45) is 5.10 Å². The maximum absolute atomic E-state index is 11.9. The number of thioether (sulfide) groups is 1. The summed E-state index contributed by atoms with van der Waals surface area (Å²) in [6.45, 7) is 3.98. The van der Waals surface area contributed by atoms with E-state index in [1.165, 1.54) is 11.8 Å². The van der Waals surface area contributed by atoms with Crippen LogP contribution in [0.25, 0.3) is 0 Å². The van der Waals surface area contributed by atoms with Crippen LogP contribution in [0.4, 0.5) is 0 Å². The monoisotopic (exact) mass is 432 g/mol. The van der Waals surface area contributed by atoms with Gasteiger partial charge in [0.2, 0.25) is 0 Å². The van der Waals surface area contributed by atoms with Crippen molar-refractivity contribution in [1.29, 1.82) is 0 Å². The lowest BCUT2D eigenvalue weighted by atomic mass is 10.2. The molecule has 1 aromatic heterocycles. The van der Waals surface area contributed by atoms with E-state index in [0.29, 0.717) is 10.9 Å². The number of benzene rings is 1. The topological polar surface area (TPSA) is 76.5 Å². The van der Waals surface area contributed by atoms with Gasteiger partial charge in [-0.25, -0.2) is 15.4 Å². The van der Waals surface area contributed by atoms with E-state index >= 15 is 0 Å². The van der Waals surface area contributed by atoms with E-state index in [2.05, 4.69) is 42.3 Å². The number of amides is 1. The molecule has 1 amide bonds. The molecule has 0 saturated heterocycles. The van der Waals surface area contributed by atoms with Gasteiger partial charge in [-0.3, -0.25) is 4.79 Å². The Morgan fingerprint density at radius 3 is 2.77 bits per heavy atom. The molecule has 0 unspecified atom stereocenters. The van der Waals surface area contributed by atoms with Gasteiger partial charge in [0.1, 0.15) is 12.4 Å². The van der Waals surface area contributed by atoms with Crippen LogP contribution < -0.4 is 10.2 Å². The van der Waals surface area contributed by atoms with Gasteiger partial charge in [-0.15, -0.1) is 6.42 Å². The van der Waals surface area contributed by atoms with E-state index in [0.717, 1.165) is 21.4 Å². The van der Waals surface area contributed by atoms with Crippen LogP contribution in [-0.4, -0.2) is 34.4 Å². The molecule has 0 bridgehead atoms. The lowest BCUT2D eigenvalue weighted by Crippen LogP contribution is -2.19. The molecule has 0 spiro atoms. The van der Waals surface area contributed by atoms with Crippen molar-refractivity contribution in [2.45, 2.75) is 19.0 Å². The molecule has 1 heterocycles. The number of aromatic nitrogens is 2. The highest BCUT2D eigenvalue weighted by atomic mass is 79.9. The number of hydrogen-bond donors (Lipinski definition) is 1. The molecule has 1 N–H and O–H groups in total. The van der Waals surface area contributed by atoms with Gasteiger partial charge in [0, 0.05) is 11.4 Å². The number of aryl methyl sites for hydroxylation is 2. The SMILES string of the molecule is C#CCOc1ccc(/C=N\NC(=O)CSc2nc(C)cc(C)n2)cc1Br. The highest BCUT2D eigenvalue weighted by Crippen LogP contribution is 2.25. The Hall–Kier alpha value is -2.37. The van der Waals surface area contributed by atoms with E-state index in [1.54, 1.807) is 12.3 Å². The van der Waals surface area contributed by atoms with E-state index in [-0.39, 0.29) is 18.3 Å². The number of hydrogen-bond acceptors (Lipinski definition) is 6. The summed E-state index contributed by atoms with van der Waals surface area (Å²) in [5, 5.41) is 4.53. The van der Waals surface area contributed by atoms with Gasteiger partial charge in [0.15, 0.2) is 5.16 Å². The Balaban J connectivity index is 1.84. The first-order chi connectivity index (χ1) is 12.5. The molecule has 0 aliphatic rings. The first-order valence-corrected chi connectivity index (χ1v) is 9.38. The molecule has 1 aromatic carbocycles. The van der Waals surface area contributed by atoms with Crippen LogP contribution in [0.15, 0.2) is 39.0 Å². The second-order valence-corrected chi connectivity index (χ2v) is 6.99. The van der Waals surface area contributed by atoms with Crippen molar-refractivity contribution in [3.8, 4) is 18.1 Å². The van der Waals surface area contributed by atoms with E-state index in [9.17, 15) is 4.79 Å². The van der Waals surface area contributed by atoms with Crippen molar-refractivity contribution in [3.05, 3.63) is 45.7 Å². The van der Waals surface area contributed by atoms with Gasteiger partial charge in [-0.05, 0) is 59.6 Å². The number of carbonyl (C=O) groups is 1. The Morgan fingerprint density at radius 2 is 2.12 bits per heavy atom. The molecule has 0 saturated carbocycles. The second kappa shape index (κ2) is 9.94. The van der Waals surface area contributed by atoms with Crippen LogP contribution in [0.3, 0.4) is 0 Å². The average molecular weight is 433 g/mol. The fourth-order valence-electron chi connectivity index (χ4n) is 1.93. The van der Waals surface area contributed by atoms with E-state index in [4.69, 9.17) is 11.2 Å². The molecule has 6 nitrogen and oxygen atoms in total. The Bertz CT molecular complexity index is 845. The van der Waals surface area contributed by atoms with Crippen LogP contribution >= 0.6 is 27.7 Å². The number of ether oxygens (including phenoxy) is 1. The van der Waals surface area contributed by atoms with Gasteiger partial charge in [0.25, 0.3) is 5.91 Å². The molecule has 0 aliphatic carbocycles. The number of carbonyl (C=O) groups excluding carboxylic acids is 1. The molecule has 2 aromatic rings. The fourth-order valence-corrected chi connectivity index (χ4v) is 3.19. The standard InChI is InChI=1S/C18H17BrN4O2S/c1-4-7-25-16-6-5-14(9-15(16)19)10-20-23-17(24)11-26-18-21-12(2)8-13(3)22-18/h1,5-6,8-10H,7,11H2,2-3H3,(H,23,24)/b20-10-. The third-order valence-electron chi connectivity index (χ3n) is 2.96. The van der Waals surface area contributed by atoms with Crippen LogP contribution in [0.5, 0.6) is 5.75 Å². The van der Waals surface area contributed by atoms with Gasteiger partial charge >= 0.3 is 0 Å². The molecule has 0 fully saturated rings. The molecular formula is C18H17BrN4O2S. The summed E-state index contributed by atoms with van der Waals surface area (Å²) >= 11 is 4.67. The van der Waals surface area contributed by atoms with Crippen LogP contribution in [0.1, 0.15) is 17.0 Å². The lowest BCUT2D eigenvalue weighted by Gasteiger charge is -2.05. The molecule has 0 atom stereocenters. The number of hydrazone groups is 1. The first-order valence-electron chi connectivity index (χ1n) is 7.60. The molecule has 0 aliphatic heterocycles. The van der Waals surface area contributed by atoms with Crippen molar-refractivity contribution < 1.29 is 9.53 Å². The van der Waals surface area contributed by atoms with Gasteiger partial charge < -0.3 is 4.74 Å². The number of rotatable bonds is 7. The summed E-state index contributed by atoms with van der Waals surface area (Å²) in [7, 11) is 0. The number of terminal acetylenes is 1. The van der Waals surface area contributed by atoms with E-state index < -0.39 is 0 Å². The smallest absolute Gasteiger partial charge is 0.250 e. The van der Waals surface area contributed by atoms with E-state index in [1.807, 2.05) is 32.0 Å². The largest absolute Gasteiger partial charge is 0.480 e. The molecule has 134 valence electrons. The average Bonchev–Trinajstić information content (AvgIpc) is 2.58. The Morgan fingerprint density at radius 1 is 1.38 bits per heavy atom. The predicted molar refractivity (Wildman–Crippen MR) is 106 cm³/mol. The molecule has 0 radical (unpaired) electrons. The minimum atomic E-state index is -0.234. The summed E-state index contributed by atoms with van der Waals surface area (Å²) in [4.78, 5) is 20.4. The van der Waals surface area contributed by atoms with Crippen molar-refractivity contribution in [3.63, 3.8) is 0 Å². The van der Waals surface area contributed by atoms with Gasteiger partial charge in [-0.1, -0.05) is 17.7 Å². The zero-order chi connectivity index (χ0) is 18.9. The molecular weight excluding hydrogens is 416 g/mol. The van der Waals surface area contributed by atoms with Crippen molar-refractivity contribution in [1.82, 2.24) is 15.4 Å². The normalized spacial score (nSPS) is 10.5. The van der Waals surface area contributed by atoms with Crippen LogP contribution in [-0.2, 0) is 4.79 Å². The molecule has 26 heavy (non-hydrogen) atoms. The maximum Gasteiger partial charge on any atom is 0.250 e. The van der Waals surface area contributed by atoms with Crippen molar-refractivity contribution >= 4 is 39.8 Å². The Labute approximate surface area is 165 Å². The summed E-state index contributed by atoms with van der Waals surface area (Å²) in [6.07, 6.45) is 6.71. The van der Waals surface area contributed by atoms with Crippen molar-refractivity contribution in [2.75, 3.05) is 12.4 Å². The first kappa shape index (κ1) is 19.9. The highest BCUT2D eigenvalue weighted by molar-refractivity contribution is 9.10. The number of halogens is 1. The summed E-state index contributed by atoms with van der Waals surface area (Å²) < 4.78 is 6.12. The zero-order valence-electron chi connectivity index (χ0n) is 14.3. The lowest BCUT2D eigenvalue weighted by molar-refractivity contribution is -0.118. The van der Waals surface area contributed by atoms with Crippen LogP contribution in [0.2, 0.25) is 0 Å². The predicted octanol–water partition coefficient (Wildman–Crippen LogP) is 3.11. The molecule has 8 heteroatoms. The zero-order valence-corrected chi connectivity index (χ0v) is 16.7. The summed E-state index contributed by atoms with van der Waals surface area (Å²) in [6, 6.07) is 7.29. The third kappa shape index (κ3) is 6.50. The second-order valence-electron chi connectivity index (χ2n) is 5.20. The Kier molecular flexibility index (Phi) is 7.63. The van der Waals surface area contributed by atoms with Gasteiger partial charge in [0.05, 0.1) is 16.4 Å². The third-order valence-corrected chi connectivity index (χ3v) is 4.43. The minimum Gasteiger partial charge on any atom is -0.480 e. The maximum atomic E-state index is 11.9. The van der Waals surface area contributed by atoms with Crippen LogP contribution in [0, 0.1) is 26.2 Å². The summed E-state index contributed by atoms with van der Waals surface area (Å²) in [5.41, 5.74) is 5.03. The number of nitrogens with zero attached hydrogens (tertiary/aromatic N) is 3. The molecule has 2 rings (SSSR count). The quantitative estimate of drug-likeness (QED) is 0.239. The summed E-state index contributed by atoms with van der Waals surface area (Å²) in [5.74, 6) is 3.00. The minimum absolute atomic E-state index is 0.183. The highest BCUT2D eigenvalue weighted by Gasteiger charge is 2.05. The fraction of sp³-hybridized carbons (Fsp3) is 0.222. The van der Waals surface area contributed by atoms with Gasteiger partial charge in [-0.2, -0.15) is 5.10 Å².